The Bertz CT molecular complexity index is 974. The minimum atomic E-state index is -3.67. The second-order valence-electron chi connectivity index (χ2n) is 9.52. The molecule has 3 aliphatic carbocycles. The van der Waals surface area contributed by atoms with Crippen molar-refractivity contribution in [1.82, 2.24) is 10.2 Å². The van der Waals surface area contributed by atoms with Crippen molar-refractivity contribution in [3.63, 3.8) is 0 Å². The molecule has 0 aromatic heterocycles. The van der Waals surface area contributed by atoms with Crippen molar-refractivity contribution >= 4 is 10.1 Å². The largest absolute Gasteiger partial charge is 0.387 e. The standard InChI is InChI=1S/C23H28N2.CH4O3S/c1-2-4-21-16(3-1)7-9-18-17(13-15-5-6-15)8-10-19-20-14-24-12-11-22(20)25(21)23(18)19;1-5(2,3)4/h1,3,7,11,14-15,17,19,21,24H,2,4-6,8-10,12-13H2;1H3,(H,2,3,4). The Balaban J connectivity index is 0.000000349. The first-order valence-electron chi connectivity index (χ1n) is 11.4. The summed E-state index contributed by atoms with van der Waals surface area (Å²) in [6.07, 6.45) is 23.8. The molecule has 3 atom stereocenters. The zero-order valence-electron chi connectivity index (χ0n) is 17.7. The van der Waals surface area contributed by atoms with Crippen LogP contribution in [0.5, 0.6) is 0 Å². The third kappa shape index (κ3) is 3.92. The maximum absolute atomic E-state index is 9.19. The molecule has 3 heterocycles. The second kappa shape index (κ2) is 7.72. The highest BCUT2D eigenvalue weighted by Crippen LogP contribution is 2.55. The van der Waals surface area contributed by atoms with Gasteiger partial charge >= 0.3 is 0 Å². The SMILES string of the molecule is C1=CC2=CCC3=C4C(CCC3CC3CC3)C3=CNCC=C3N4C2CC1.CS(=O)(=O)O. The molecule has 0 aromatic carbocycles. The Morgan fingerprint density at radius 2 is 1.97 bits per heavy atom. The number of nitrogens with zero attached hydrogens (tertiary/aromatic N) is 1. The summed E-state index contributed by atoms with van der Waals surface area (Å²) in [6.45, 7) is 0.984. The Morgan fingerprint density at radius 3 is 2.73 bits per heavy atom. The molecule has 0 spiro atoms. The van der Waals surface area contributed by atoms with E-state index in [1.54, 1.807) is 22.4 Å². The van der Waals surface area contributed by atoms with Crippen molar-refractivity contribution in [3.8, 4) is 0 Å². The highest BCUT2D eigenvalue weighted by Gasteiger charge is 2.47. The van der Waals surface area contributed by atoms with Crippen molar-refractivity contribution in [2.75, 3.05) is 12.8 Å². The number of hydrogen-bond donors (Lipinski definition) is 2. The summed E-state index contributed by atoms with van der Waals surface area (Å²) in [6, 6.07) is 0.579. The van der Waals surface area contributed by atoms with Gasteiger partial charge in [-0.2, -0.15) is 8.42 Å². The summed E-state index contributed by atoms with van der Waals surface area (Å²) in [4.78, 5) is 2.80. The van der Waals surface area contributed by atoms with Crippen LogP contribution in [-0.2, 0) is 10.1 Å². The van der Waals surface area contributed by atoms with Gasteiger partial charge in [0.15, 0.2) is 0 Å². The van der Waals surface area contributed by atoms with E-state index >= 15 is 0 Å². The van der Waals surface area contributed by atoms with E-state index in [1.165, 1.54) is 57.1 Å². The molecular weight excluding hydrogens is 396 g/mol. The van der Waals surface area contributed by atoms with Crippen molar-refractivity contribution in [2.45, 2.75) is 57.4 Å². The number of hydrogen-bond acceptors (Lipinski definition) is 4. The molecule has 3 unspecified atom stereocenters. The molecule has 2 fully saturated rings. The van der Waals surface area contributed by atoms with Gasteiger partial charge < -0.3 is 10.2 Å². The van der Waals surface area contributed by atoms with Crippen molar-refractivity contribution < 1.29 is 13.0 Å². The molecule has 30 heavy (non-hydrogen) atoms. The molecule has 3 aliphatic heterocycles. The summed E-state index contributed by atoms with van der Waals surface area (Å²) in [7, 11) is -3.67. The minimum Gasteiger partial charge on any atom is -0.387 e. The van der Waals surface area contributed by atoms with Gasteiger partial charge in [0.25, 0.3) is 10.1 Å². The van der Waals surface area contributed by atoms with E-state index < -0.39 is 10.1 Å². The van der Waals surface area contributed by atoms with Gasteiger partial charge in [0.1, 0.15) is 0 Å². The van der Waals surface area contributed by atoms with Crippen LogP contribution in [-0.4, -0.2) is 36.7 Å². The Hall–Kier alpha value is -1.79. The molecule has 0 aromatic rings. The Labute approximate surface area is 180 Å². The van der Waals surface area contributed by atoms with Crippen LogP contribution < -0.4 is 5.32 Å². The highest BCUT2D eigenvalue weighted by atomic mass is 32.2. The molecular formula is C24H32N2O3S. The van der Waals surface area contributed by atoms with Gasteiger partial charge in [-0.1, -0.05) is 31.1 Å². The molecule has 1 saturated carbocycles. The van der Waals surface area contributed by atoms with Gasteiger partial charge in [-0.3, -0.25) is 4.55 Å². The van der Waals surface area contributed by atoms with E-state index in [2.05, 4.69) is 40.7 Å². The van der Waals surface area contributed by atoms with Gasteiger partial charge in [0.2, 0.25) is 0 Å². The van der Waals surface area contributed by atoms with Crippen LogP contribution in [0.15, 0.2) is 58.6 Å². The number of rotatable bonds is 2. The van der Waals surface area contributed by atoms with Gasteiger partial charge in [0, 0.05) is 35.6 Å². The van der Waals surface area contributed by atoms with E-state index in [0.717, 1.165) is 18.4 Å². The van der Waals surface area contributed by atoms with Crippen LogP contribution in [0, 0.1) is 17.8 Å². The maximum Gasteiger partial charge on any atom is 0.261 e. The Kier molecular flexibility index (Phi) is 5.18. The number of fused-ring (bicyclic) bond motifs is 5. The fourth-order valence-electron chi connectivity index (χ4n) is 5.98. The van der Waals surface area contributed by atoms with Gasteiger partial charge in [0.05, 0.1) is 12.3 Å². The molecule has 162 valence electrons. The summed E-state index contributed by atoms with van der Waals surface area (Å²) >= 11 is 0. The number of allylic oxidation sites excluding steroid dienone is 5. The van der Waals surface area contributed by atoms with Crippen LogP contribution >= 0.6 is 0 Å². The van der Waals surface area contributed by atoms with Gasteiger partial charge in [-0.05, 0) is 67.6 Å². The number of nitrogens with one attached hydrogen (secondary N) is 1. The van der Waals surface area contributed by atoms with Crippen molar-refractivity contribution in [2.24, 2.45) is 17.8 Å². The lowest BCUT2D eigenvalue weighted by molar-refractivity contribution is 0.313. The van der Waals surface area contributed by atoms with E-state index in [0.29, 0.717) is 18.2 Å². The predicted octanol–water partition coefficient (Wildman–Crippen LogP) is 4.31. The van der Waals surface area contributed by atoms with Crippen LogP contribution in [0.2, 0.25) is 0 Å². The van der Waals surface area contributed by atoms with Crippen LogP contribution in [0.25, 0.3) is 0 Å². The summed E-state index contributed by atoms with van der Waals surface area (Å²) in [5.41, 5.74) is 8.22. The predicted molar refractivity (Wildman–Crippen MR) is 119 cm³/mol. The third-order valence-corrected chi connectivity index (χ3v) is 7.30. The molecule has 0 radical (unpaired) electrons. The summed E-state index contributed by atoms with van der Waals surface area (Å²) in [5, 5.41) is 3.49. The monoisotopic (exact) mass is 428 g/mol. The lowest BCUT2D eigenvalue weighted by Crippen LogP contribution is -2.35. The van der Waals surface area contributed by atoms with E-state index in [4.69, 9.17) is 4.55 Å². The first-order valence-corrected chi connectivity index (χ1v) is 13.2. The lowest BCUT2D eigenvalue weighted by Gasteiger charge is -2.37. The molecule has 2 N–H and O–H groups in total. The molecule has 0 bridgehead atoms. The average Bonchev–Trinajstić information content (AvgIpc) is 3.48. The van der Waals surface area contributed by atoms with Crippen LogP contribution in [0.1, 0.15) is 51.4 Å². The van der Waals surface area contributed by atoms with E-state index in [-0.39, 0.29) is 0 Å². The maximum atomic E-state index is 9.19. The second-order valence-corrected chi connectivity index (χ2v) is 11.0. The zero-order chi connectivity index (χ0) is 20.9. The minimum absolute atomic E-state index is 0.579. The first kappa shape index (κ1) is 20.1. The lowest BCUT2D eigenvalue weighted by atomic mass is 9.75. The highest BCUT2D eigenvalue weighted by molar-refractivity contribution is 7.85. The summed E-state index contributed by atoms with van der Waals surface area (Å²) in [5.74, 6) is 2.53. The molecule has 6 rings (SSSR count). The third-order valence-electron chi connectivity index (χ3n) is 7.30. The topological polar surface area (TPSA) is 69.6 Å². The van der Waals surface area contributed by atoms with Crippen molar-refractivity contribution in [3.05, 3.63) is 58.6 Å². The van der Waals surface area contributed by atoms with E-state index in [9.17, 15) is 8.42 Å². The van der Waals surface area contributed by atoms with Gasteiger partial charge in [-0.15, -0.1) is 0 Å². The Morgan fingerprint density at radius 1 is 1.17 bits per heavy atom. The molecule has 1 saturated heterocycles. The van der Waals surface area contributed by atoms with E-state index in [1.807, 2.05) is 0 Å². The summed E-state index contributed by atoms with van der Waals surface area (Å²) < 4.78 is 25.9. The molecule has 6 heteroatoms. The molecule has 6 aliphatic rings. The normalized spacial score (nSPS) is 31.7. The average molecular weight is 429 g/mol. The van der Waals surface area contributed by atoms with Gasteiger partial charge in [-0.25, -0.2) is 0 Å². The van der Waals surface area contributed by atoms with Crippen molar-refractivity contribution in [1.29, 1.82) is 0 Å². The van der Waals surface area contributed by atoms with Crippen LogP contribution in [0.3, 0.4) is 0 Å². The molecule has 5 nitrogen and oxygen atoms in total. The number of dihydropyridines is 1. The molecule has 0 amide bonds. The quantitative estimate of drug-likeness (QED) is 0.642. The fraction of sp³-hybridized carbons (Fsp3) is 0.583. The smallest absolute Gasteiger partial charge is 0.261 e. The fourth-order valence-corrected chi connectivity index (χ4v) is 5.98. The zero-order valence-corrected chi connectivity index (χ0v) is 18.5. The van der Waals surface area contributed by atoms with Crippen LogP contribution in [0.4, 0.5) is 0 Å². The first-order chi connectivity index (χ1) is 14.4.